The Balaban J connectivity index is 2.28. The number of hydrogen-bond donors (Lipinski definition) is 0. The maximum Gasteiger partial charge on any atom is 0.159 e. The molecule has 1 aliphatic heterocycles. The zero-order valence-electron chi connectivity index (χ0n) is 9.42. The van der Waals surface area contributed by atoms with Crippen molar-refractivity contribution in [2.75, 3.05) is 13.1 Å². The molecule has 0 spiro atoms. The molecule has 0 atom stereocenters. The average Bonchev–Trinajstić information content (AvgIpc) is 2.27. The molecule has 2 rings (SSSR count). The van der Waals surface area contributed by atoms with E-state index in [1.165, 1.54) is 11.1 Å². The maximum atomic E-state index is 11.2. The molecule has 1 aromatic rings. The average molecular weight is 203 g/mol. The molecule has 0 saturated heterocycles. The molecule has 1 heterocycles. The summed E-state index contributed by atoms with van der Waals surface area (Å²) in [4.78, 5) is 13.7. The lowest BCUT2D eigenvalue weighted by Gasteiger charge is -2.27. The normalized spacial score (nSPS) is 16.1. The summed E-state index contributed by atoms with van der Waals surface area (Å²) in [5.41, 5.74) is 3.58. The number of benzene rings is 1. The van der Waals surface area contributed by atoms with Crippen molar-refractivity contribution in [3.63, 3.8) is 0 Å². The van der Waals surface area contributed by atoms with Crippen LogP contribution in [0.3, 0.4) is 0 Å². The van der Waals surface area contributed by atoms with Crippen LogP contribution in [0.25, 0.3) is 0 Å². The minimum atomic E-state index is 0.163. The van der Waals surface area contributed by atoms with Crippen LogP contribution in [0.1, 0.15) is 35.3 Å². The van der Waals surface area contributed by atoms with Crippen LogP contribution in [-0.4, -0.2) is 23.8 Å². The number of likely N-dealkylation sites (N-methyl/N-ethyl adjacent to an activating group) is 1. The highest BCUT2D eigenvalue weighted by Crippen LogP contribution is 2.20. The molecule has 0 N–H and O–H groups in total. The van der Waals surface area contributed by atoms with Gasteiger partial charge in [-0.2, -0.15) is 0 Å². The van der Waals surface area contributed by atoms with Crippen molar-refractivity contribution < 1.29 is 4.79 Å². The van der Waals surface area contributed by atoms with Crippen LogP contribution in [0.2, 0.25) is 0 Å². The Hall–Kier alpha value is -1.15. The molecule has 0 radical (unpaired) electrons. The van der Waals surface area contributed by atoms with Crippen LogP contribution in [0.15, 0.2) is 18.2 Å². The lowest BCUT2D eigenvalue weighted by atomic mass is 9.96. The second-order valence-electron chi connectivity index (χ2n) is 4.16. The van der Waals surface area contributed by atoms with E-state index < -0.39 is 0 Å². The third-order valence-electron chi connectivity index (χ3n) is 3.15. The van der Waals surface area contributed by atoms with Crippen LogP contribution in [-0.2, 0) is 13.0 Å². The van der Waals surface area contributed by atoms with Gasteiger partial charge < -0.3 is 0 Å². The smallest absolute Gasteiger partial charge is 0.159 e. The van der Waals surface area contributed by atoms with Gasteiger partial charge in [0.05, 0.1) is 0 Å². The second kappa shape index (κ2) is 4.15. The molecule has 1 aromatic carbocycles. The van der Waals surface area contributed by atoms with Gasteiger partial charge in [-0.05, 0) is 37.1 Å². The number of fused-ring (bicyclic) bond motifs is 1. The predicted molar refractivity (Wildman–Crippen MR) is 61.1 cm³/mol. The van der Waals surface area contributed by atoms with Gasteiger partial charge in [-0.1, -0.05) is 19.1 Å². The summed E-state index contributed by atoms with van der Waals surface area (Å²) in [5.74, 6) is 0.163. The van der Waals surface area contributed by atoms with Crippen molar-refractivity contribution >= 4 is 5.78 Å². The minimum absolute atomic E-state index is 0.163. The molecule has 0 bridgehead atoms. The Morgan fingerprint density at radius 3 is 2.87 bits per heavy atom. The number of carbonyl (C=O) groups is 1. The lowest BCUT2D eigenvalue weighted by Crippen LogP contribution is -2.30. The first-order valence-corrected chi connectivity index (χ1v) is 5.56. The molecule has 15 heavy (non-hydrogen) atoms. The molecule has 0 aliphatic carbocycles. The summed E-state index contributed by atoms with van der Waals surface area (Å²) < 4.78 is 0. The van der Waals surface area contributed by atoms with Gasteiger partial charge in [-0.3, -0.25) is 9.69 Å². The number of carbonyl (C=O) groups excluding carboxylic acids is 1. The Kier molecular flexibility index (Phi) is 2.87. The maximum absolute atomic E-state index is 11.2. The zero-order chi connectivity index (χ0) is 10.8. The molecule has 1 aliphatic rings. The number of Topliss-reactive ketones (excluding diaryl/α,β-unsaturated/α-hetero) is 1. The van der Waals surface area contributed by atoms with Gasteiger partial charge in [0.15, 0.2) is 5.78 Å². The van der Waals surface area contributed by atoms with E-state index in [2.05, 4.69) is 24.0 Å². The molecule has 0 unspecified atom stereocenters. The van der Waals surface area contributed by atoms with E-state index in [-0.39, 0.29) is 5.78 Å². The third-order valence-corrected chi connectivity index (χ3v) is 3.15. The molecule has 0 amide bonds. The van der Waals surface area contributed by atoms with E-state index in [4.69, 9.17) is 0 Å². The van der Waals surface area contributed by atoms with Crippen LogP contribution >= 0.6 is 0 Å². The van der Waals surface area contributed by atoms with E-state index in [1.54, 1.807) is 6.92 Å². The molecule has 2 nitrogen and oxygen atoms in total. The fourth-order valence-electron chi connectivity index (χ4n) is 2.10. The van der Waals surface area contributed by atoms with Gasteiger partial charge >= 0.3 is 0 Å². The largest absolute Gasteiger partial charge is 0.299 e. The zero-order valence-corrected chi connectivity index (χ0v) is 9.42. The Bertz CT molecular complexity index is 384. The lowest BCUT2D eigenvalue weighted by molar-refractivity contribution is 0.101. The Morgan fingerprint density at radius 1 is 1.40 bits per heavy atom. The molecular formula is C13H17NO. The summed E-state index contributed by atoms with van der Waals surface area (Å²) in [6, 6.07) is 6.11. The SMILES string of the molecule is CCN1CCc2cc(C(C)=O)ccc2C1. The summed E-state index contributed by atoms with van der Waals surface area (Å²) in [7, 11) is 0. The van der Waals surface area contributed by atoms with Crippen LogP contribution in [0, 0.1) is 0 Å². The standard InChI is InChI=1S/C13H17NO/c1-3-14-7-6-12-8-11(10(2)15)4-5-13(12)9-14/h4-5,8H,3,6-7,9H2,1-2H3. The van der Waals surface area contributed by atoms with Crippen molar-refractivity contribution in [1.29, 1.82) is 0 Å². The van der Waals surface area contributed by atoms with Gasteiger partial charge in [-0.15, -0.1) is 0 Å². The number of nitrogens with zero attached hydrogens (tertiary/aromatic N) is 1. The second-order valence-corrected chi connectivity index (χ2v) is 4.16. The van der Waals surface area contributed by atoms with Gasteiger partial charge in [0, 0.05) is 18.7 Å². The fraction of sp³-hybridized carbons (Fsp3) is 0.462. The topological polar surface area (TPSA) is 20.3 Å². The first kappa shape index (κ1) is 10.4. The molecule has 0 saturated carbocycles. The van der Waals surface area contributed by atoms with Gasteiger partial charge in [0.1, 0.15) is 0 Å². The Labute approximate surface area is 90.9 Å². The van der Waals surface area contributed by atoms with Gasteiger partial charge in [0.2, 0.25) is 0 Å². The van der Waals surface area contributed by atoms with E-state index in [0.29, 0.717) is 0 Å². The highest BCUT2D eigenvalue weighted by molar-refractivity contribution is 5.94. The first-order chi connectivity index (χ1) is 7.20. The van der Waals surface area contributed by atoms with Crippen molar-refractivity contribution in [2.24, 2.45) is 0 Å². The molecule has 80 valence electrons. The van der Waals surface area contributed by atoms with E-state index in [9.17, 15) is 4.79 Å². The van der Waals surface area contributed by atoms with Crippen LogP contribution in [0.4, 0.5) is 0 Å². The van der Waals surface area contributed by atoms with E-state index in [1.807, 2.05) is 6.07 Å². The van der Waals surface area contributed by atoms with Crippen molar-refractivity contribution in [1.82, 2.24) is 4.90 Å². The number of rotatable bonds is 2. The monoisotopic (exact) mass is 203 g/mol. The van der Waals surface area contributed by atoms with Crippen molar-refractivity contribution in [3.05, 3.63) is 34.9 Å². The minimum Gasteiger partial charge on any atom is -0.299 e. The summed E-state index contributed by atoms with van der Waals surface area (Å²) in [6.45, 7) is 7.07. The van der Waals surface area contributed by atoms with Gasteiger partial charge in [0.25, 0.3) is 0 Å². The van der Waals surface area contributed by atoms with Crippen molar-refractivity contribution in [2.45, 2.75) is 26.8 Å². The van der Waals surface area contributed by atoms with E-state index >= 15 is 0 Å². The van der Waals surface area contributed by atoms with Gasteiger partial charge in [-0.25, -0.2) is 0 Å². The highest BCUT2D eigenvalue weighted by atomic mass is 16.1. The summed E-state index contributed by atoms with van der Waals surface area (Å²) in [5, 5.41) is 0. The van der Waals surface area contributed by atoms with Crippen LogP contribution in [0.5, 0.6) is 0 Å². The summed E-state index contributed by atoms with van der Waals surface area (Å²) >= 11 is 0. The number of hydrogen-bond acceptors (Lipinski definition) is 2. The molecule has 2 heteroatoms. The molecule has 0 aromatic heterocycles. The van der Waals surface area contributed by atoms with Crippen LogP contribution < -0.4 is 0 Å². The highest BCUT2D eigenvalue weighted by Gasteiger charge is 2.15. The van der Waals surface area contributed by atoms with Crippen molar-refractivity contribution in [3.8, 4) is 0 Å². The predicted octanol–water partition coefficient (Wildman–Crippen LogP) is 2.27. The van der Waals surface area contributed by atoms with E-state index in [0.717, 1.165) is 31.6 Å². The molecular weight excluding hydrogens is 186 g/mol. The molecule has 0 fully saturated rings. The number of ketones is 1. The Morgan fingerprint density at radius 2 is 2.20 bits per heavy atom. The summed E-state index contributed by atoms with van der Waals surface area (Å²) in [6.07, 6.45) is 1.07. The quantitative estimate of drug-likeness (QED) is 0.687. The third kappa shape index (κ3) is 2.10. The fourth-order valence-corrected chi connectivity index (χ4v) is 2.10. The first-order valence-electron chi connectivity index (χ1n) is 5.56.